The summed E-state index contributed by atoms with van der Waals surface area (Å²) < 4.78 is 5.29. The van der Waals surface area contributed by atoms with Crippen LogP contribution >= 0.6 is 0 Å². The Morgan fingerprint density at radius 1 is 1.25 bits per heavy atom. The third-order valence-electron chi connectivity index (χ3n) is 2.72. The highest BCUT2D eigenvalue weighted by Crippen LogP contribution is 2.29. The van der Waals surface area contributed by atoms with Crippen molar-refractivity contribution in [3.8, 4) is 5.75 Å². The summed E-state index contributed by atoms with van der Waals surface area (Å²) >= 11 is 0. The van der Waals surface area contributed by atoms with Gasteiger partial charge in [0.05, 0.1) is 13.2 Å². The van der Waals surface area contributed by atoms with Gasteiger partial charge in [0, 0.05) is 6.04 Å². The zero-order valence-corrected chi connectivity index (χ0v) is 10.4. The molecule has 0 bridgehead atoms. The van der Waals surface area contributed by atoms with Crippen LogP contribution in [0.15, 0.2) is 18.2 Å². The minimum absolute atomic E-state index is 0.270. The maximum Gasteiger partial charge on any atom is 0.122 e. The van der Waals surface area contributed by atoms with Gasteiger partial charge in [0.1, 0.15) is 5.75 Å². The molecule has 0 amide bonds. The Hall–Kier alpha value is -1.06. The molecular weight excluding hydrogens is 202 g/mol. The second-order valence-corrected chi connectivity index (χ2v) is 4.46. The molecule has 2 atom stereocenters. The zero-order valence-electron chi connectivity index (χ0n) is 10.4. The van der Waals surface area contributed by atoms with Gasteiger partial charge in [-0.05, 0) is 36.1 Å². The van der Waals surface area contributed by atoms with Gasteiger partial charge in [-0.1, -0.05) is 19.9 Å². The number of hydrogen-bond acceptors (Lipinski definition) is 3. The zero-order chi connectivity index (χ0) is 12.3. The molecule has 1 rings (SSSR count). The van der Waals surface area contributed by atoms with E-state index >= 15 is 0 Å². The van der Waals surface area contributed by atoms with Crippen molar-refractivity contribution in [2.24, 2.45) is 5.73 Å². The fraction of sp³-hybridized carbons (Fsp3) is 0.538. The van der Waals surface area contributed by atoms with Gasteiger partial charge in [0.25, 0.3) is 0 Å². The molecule has 90 valence electrons. The van der Waals surface area contributed by atoms with Crippen LogP contribution in [0.4, 0.5) is 0 Å². The Morgan fingerprint density at radius 3 is 2.31 bits per heavy atom. The predicted octanol–water partition coefficient (Wildman–Crippen LogP) is 2.20. The van der Waals surface area contributed by atoms with Crippen LogP contribution in [-0.4, -0.2) is 18.3 Å². The number of benzene rings is 1. The fourth-order valence-electron chi connectivity index (χ4n) is 1.69. The molecule has 0 aliphatic heterocycles. The lowest BCUT2D eigenvalue weighted by Gasteiger charge is -2.18. The fourth-order valence-corrected chi connectivity index (χ4v) is 1.69. The molecule has 0 radical (unpaired) electrons. The van der Waals surface area contributed by atoms with Crippen molar-refractivity contribution >= 4 is 0 Å². The molecule has 16 heavy (non-hydrogen) atoms. The lowest BCUT2D eigenvalue weighted by Crippen LogP contribution is -2.24. The van der Waals surface area contributed by atoms with E-state index in [9.17, 15) is 5.11 Å². The lowest BCUT2D eigenvalue weighted by atomic mass is 9.95. The summed E-state index contributed by atoms with van der Waals surface area (Å²) in [6.07, 6.45) is -0.622. The van der Waals surface area contributed by atoms with E-state index in [0.717, 1.165) is 16.9 Å². The smallest absolute Gasteiger partial charge is 0.122 e. The van der Waals surface area contributed by atoms with E-state index in [2.05, 4.69) is 13.8 Å². The SMILES string of the molecule is COc1ccc(C(O)C(C)N)cc1C(C)C. The molecule has 0 aliphatic rings. The highest BCUT2D eigenvalue weighted by molar-refractivity contribution is 5.40. The Morgan fingerprint density at radius 2 is 1.88 bits per heavy atom. The van der Waals surface area contributed by atoms with Gasteiger partial charge in [0.2, 0.25) is 0 Å². The van der Waals surface area contributed by atoms with Gasteiger partial charge in [-0.25, -0.2) is 0 Å². The van der Waals surface area contributed by atoms with Crippen molar-refractivity contribution in [3.63, 3.8) is 0 Å². The average Bonchev–Trinajstić information content (AvgIpc) is 2.26. The Bertz CT molecular complexity index is 348. The molecule has 0 spiro atoms. The van der Waals surface area contributed by atoms with Crippen molar-refractivity contribution in [1.82, 2.24) is 0 Å². The summed E-state index contributed by atoms with van der Waals surface area (Å²) in [5.74, 6) is 1.21. The first-order valence-corrected chi connectivity index (χ1v) is 5.58. The monoisotopic (exact) mass is 223 g/mol. The van der Waals surface area contributed by atoms with Crippen molar-refractivity contribution in [2.75, 3.05) is 7.11 Å². The largest absolute Gasteiger partial charge is 0.496 e. The first-order valence-electron chi connectivity index (χ1n) is 5.58. The maximum atomic E-state index is 9.90. The van der Waals surface area contributed by atoms with Crippen molar-refractivity contribution in [2.45, 2.75) is 38.8 Å². The molecule has 3 N–H and O–H groups in total. The van der Waals surface area contributed by atoms with Crippen LogP contribution in [0, 0.1) is 0 Å². The summed E-state index contributed by atoms with van der Waals surface area (Å²) in [6.45, 7) is 5.99. The van der Waals surface area contributed by atoms with Crippen LogP contribution < -0.4 is 10.5 Å². The van der Waals surface area contributed by atoms with Gasteiger partial charge in [-0.2, -0.15) is 0 Å². The third kappa shape index (κ3) is 2.74. The second-order valence-electron chi connectivity index (χ2n) is 4.46. The molecule has 0 heterocycles. The Labute approximate surface area is 97.2 Å². The topological polar surface area (TPSA) is 55.5 Å². The molecule has 0 saturated heterocycles. The van der Waals surface area contributed by atoms with E-state index < -0.39 is 6.10 Å². The quantitative estimate of drug-likeness (QED) is 0.822. The number of ether oxygens (including phenoxy) is 1. The first kappa shape index (κ1) is 13.0. The Balaban J connectivity index is 3.11. The molecule has 3 nitrogen and oxygen atoms in total. The summed E-state index contributed by atoms with van der Waals surface area (Å²) in [5, 5.41) is 9.90. The summed E-state index contributed by atoms with van der Waals surface area (Å²) in [6, 6.07) is 5.44. The average molecular weight is 223 g/mol. The van der Waals surface area contributed by atoms with Crippen LogP contribution in [0.25, 0.3) is 0 Å². The summed E-state index contributed by atoms with van der Waals surface area (Å²) in [5.41, 5.74) is 7.63. The predicted molar refractivity (Wildman–Crippen MR) is 65.7 cm³/mol. The third-order valence-corrected chi connectivity index (χ3v) is 2.72. The minimum Gasteiger partial charge on any atom is -0.496 e. The standard InChI is InChI=1S/C13H21NO2/c1-8(2)11-7-10(13(15)9(3)14)5-6-12(11)16-4/h5-9,13,15H,14H2,1-4H3. The molecule has 1 aromatic carbocycles. The molecule has 0 fully saturated rings. The number of hydrogen-bond donors (Lipinski definition) is 2. The van der Waals surface area contributed by atoms with E-state index in [4.69, 9.17) is 10.5 Å². The molecule has 2 unspecified atom stereocenters. The number of rotatable bonds is 4. The molecule has 3 heteroatoms. The van der Waals surface area contributed by atoms with Crippen molar-refractivity contribution in [1.29, 1.82) is 0 Å². The van der Waals surface area contributed by atoms with Crippen LogP contribution in [0.2, 0.25) is 0 Å². The van der Waals surface area contributed by atoms with Crippen molar-refractivity contribution in [3.05, 3.63) is 29.3 Å². The Kier molecular flexibility index (Phi) is 4.33. The van der Waals surface area contributed by atoms with E-state index in [-0.39, 0.29) is 6.04 Å². The van der Waals surface area contributed by atoms with Gasteiger partial charge >= 0.3 is 0 Å². The van der Waals surface area contributed by atoms with E-state index in [1.54, 1.807) is 14.0 Å². The minimum atomic E-state index is -0.622. The highest BCUT2D eigenvalue weighted by Gasteiger charge is 2.15. The normalized spacial score (nSPS) is 14.9. The molecule has 0 aliphatic carbocycles. The van der Waals surface area contributed by atoms with Crippen LogP contribution in [0.3, 0.4) is 0 Å². The van der Waals surface area contributed by atoms with Crippen LogP contribution in [0.1, 0.15) is 43.9 Å². The maximum absolute atomic E-state index is 9.90. The number of methoxy groups -OCH3 is 1. The van der Waals surface area contributed by atoms with Gasteiger partial charge in [0.15, 0.2) is 0 Å². The summed E-state index contributed by atoms with van der Waals surface area (Å²) in [4.78, 5) is 0. The summed E-state index contributed by atoms with van der Waals surface area (Å²) in [7, 11) is 1.66. The number of aliphatic hydroxyl groups is 1. The van der Waals surface area contributed by atoms with Crippen LogP contribution in [-0.2, 0) is 0 Å². The van der Waals surface area contributed by atoms with Gasteiger partial charge in [-0.15, -0.1) is 0 Å². The lowest BCUT2D eigenvalue weighted by molar-refractivity contribution is 0.153. The highest BCUT2D eigenvalue weighted by atomic mass is 16.5. The van der Waals surface area contributed by atoms with E-state index in [1.807, 2.05) is 18.2 Å². The first-order chi connectivity index (χ1) is 7.47. The van der Waals surface area contributed by atoms with Gasteiger partial charge < -0.3 is 15.6 Å². The van der Waals surface area contributed by atoms with E-state index in [1.165, 1.54) is 0 Å². The van der Waals surface area contributed by atoms with Crippen molar-refractivity contribution < 1.29 is 9.84 Å². The molecule has 0 aromatic heterocycles. The molecular formula is C13H21NO2. The number of nitrogens with two attached hydrogens (primary N) is 1. The van der Waals surface area contributed by atoms with Crippen LogP contribution in [0.5, 0.6) is 5.75 Å². The number of aliphatic hydroxyl groups excluding tert-OH is 1. The van der Waals surface area contributed by atoms with Gasteiger partial charge in [-0.3, -0.25) is 0 Å². The second kappa shape index (κ2) is 5.32. The molecule has 0 saturated carbocycles. The molecule has 1 aromatic rings. The van der Waals surface area contributed by atoms with E-state index in [0.29, 0.717) is 5.92 Å².